The van der Waals surface area contributed by atoms with E-state index in [1.54, 1.807) is 0 Å². The number of aryl methyl sites for hydroxylation is 2. The van der Waals surface area contributed by atoms with Crippen LogP contribution in [0.1, 0.15) is 34.2 Å². The number of hydrogen-bond donors (Lipinski definition) is 1. The van der Waals surface area contributed by atoms with Crippen LogP contribution in [-0.2, 0) is 32.5 Å². The van der Waals surface area contributed by atoms with Crippen molar-refractivity contribution in [2.45, 2.75) is 38.9 Å². The summed E-state index contributed by atoms with van der Waals surface area (Å²) >= 11 is 0. The Morgan fingerprint density at radius 3 is 1.44 bits per heavy atom. The van der Waals surface area contributed by atoms with E-state index in [-0.39, 0.29) is 6.61 Å². The van der Waals surface area contributed by atoms with Gasteiger partial charge in [-0.1, -0.05) is 91.0 Å². The van der Waals surface area contributed by atoms with Crippen LogP contribution in [0.3, 0.4) is 0 Å². The van der Waals surface area contributed by atoms with E-state index in [1.165, 1.54) is 5.56 Å². The first-order valence-electron chi connectivity index (χ1n) is 12.0. The second-order valence-electron chi connectivity index (χ2n) is 8.43. The van der Waals surface area contributed by atoms with Gasteiger partial charge in [-0.2, -0.15) is 0 Å². The molecule has 0 aliphatic heterocycles. The second-order valence-corrected chi connectivity index (χ2v) is 8.43. The van der Waals surface area contributed by atoms with E-state index in [0.29, 0.717) is 19.6 Å². The third-order valence-corrected chi connectivity index (χ3v) is 5.83. The van der Waals surface area contributed by atoms with Crippen molar-refractivity contribution in [3.63, 3.8) is 0 Å². The van der Waals surface area contributed by atoms with Crippen molar-refractivity contribution in [2.24, 2.45) is 0 Å². The normalized spacial score (nSPS) is 10.7. The summed E-state index contributed by atoms with van der Waals surface area (Å²) in [5.41, 5.74) is 5.75. The zero-order valence-electron chi connectivity index (χ0n) is 19.5. The molecule has 0 amide bonds. The third kappa shape index (κ3) is 6.97. The average molecular weight is 453 g/mol. The van der Waals surface area contributed by atoms with Gasteiger partial charge in [0.05, 0.1) is 0 Å². The quantitative estimate of drug-likeness (QED) is 0.265. The predicted octanol–water partition coefficient (Wildman–Crippen LogP) is 6.55. The summed E-state index contributed by atoms with van der Waals surface area (Å²) in [5.74, 6) is 1.72. The van der Waals surface area contributed by atoms with Crippen LogP contribution in [0.25, 0.3) is 0 Å². The topological polar surface area (TPSA) is 38.7 Å². The summed E-state index contributed by atoms with van der Waals surface area (Å²) in [6.07, 6.45) is 3.21. The Balaban J connectivity index is 1.63. The van der Waals surface area contributed by atoms with Crippen molar-refractivity contribution < 1.29 is 14.6 Å². The second kappa shape index (κ2) is 12.6. The van der Waals surface area contributed by atoms with Gasteiger partial charge in [-0.05, 0) is 60.1 Å². The number of aliphatic hydroxyl groups is 1. The molecular formula is C31H32O3. The molecule has 0 saturated carbocycles. The van der Waals surface area contributed by atoms with Gasteiger partial charge >= 0.3 is 0 Å². The molecule has 3 nitrogen and oxygen atoms in total. The van der Waals surface area contributed by atoms with Crippen LogP contribution in [0.5, 0.6) is 11.5 Å². The van der Waals surface area contributed by atoms with E-state index >= 15 is 0 Å². The molecule has 0 aliphatic rings. The Kier molecular flexibility index (Phi) is 8.76. The molecule has 0 atom stereocenters. The van der Waals surface area contributed by atoms with Gasteiger partial charge in [-0.25, -0.2) is 0 Å². The summed E-state index contributed by atoms with van der Waals surface area (Å²) < 4.78 is 12.8. The van der Waals surface area contributed by atoms with Gasteiger partial charge in [0.1, 0.15) is 24.7 Å². The molecule has 0 fully saturated rings. The summed E-state index contributed by atoms with van der Waals surface area (Å²) in [5, 5.41) is 9.37. The van der Waals surface area contributed by atoms with Gasteiger partial charge in [0.25, 0.3) is 0 Å². The van der Waals surface area contributed by atoms with E-state index < -0.39 is 0 Å². The highest BCUT2D eigenvalue weighted by Gasteiger charge is 2.15. The first-order chi connectivity index (χ1) is 16.8. The van der Waals surface area contributed by atoms with Gasteiger partial charge in [0.15, 0.2) is 0 Å². The van der Waals surface area contributed by atoms with Gasteiger partial charge in [-0.3, -0.25) is 0 Å². The highest BCUT2D eigenvalue weighted by Crippen LogP contribution is 2.34. The molecule has 4 aromatic carbocycles. The molecule has 1 N–H and O–H groups in total. The van der Waals surface area contributed by atoms with Crippen LogP contribution < -0.4 is 9.47 Å². The highest BCUT2D eigenvalue weighted by atomic mass is 16.5. The molecular weight excluding hydrogens is 420 g/mol. The van der Waals surface area contributed by atoms with Crippen LogP contribution in [0.15, 0.2) is 103 Å². The minimum absolute atomic E-state index is 0.163. The fourth-order valence-electron chi connectivity index (χ4n) is 3.99. The number of rotatable bonds is 12. The number of aliphatic hydroxyl groups excluding tert-OH is 1. The van der Waals surface area contributed by atoms with Crippen LogP contribution >= 0.6 is 0 Å². The molecule has 0 unspecified atom stereocenters. The largest absolute Gasteiger partial charge is 0.488 e. The van der Waals surface area contributed by atoms with Gasteiger partial charge in [0.2, 0.25) is 0 Å². The minimum Gasteiger partial charge on any atom is -0.488 e. The first kappa shape index (κ1) is 23.6. The van der Waals surface area contributed by atoms with Crippen LogP contribution in [-0.4, -0.2) is 11.7 Å². The Labute approximate surface area is 202 Å². The standard InChI is InChI=1S/C31H32O3/c32-20-10-17-28-21-30(33-23-26-13-6-2-7-14-26)29(19-18-25-11-4-1-5-12-25)31(22-28)34-24-27-15-8-3-9-16-27/h1-9,11-16,21-22,32H,10,17-20,23-24H2. The smallest absolute Gasteiger partial charge is 0.126 e. The average Bonchev–Trinajstić information content (AvgIpc) is 2.90. The van der Waals surface area contributed by atoms with Crippen LogP contribution in [0.2, 0.25) is 0 Å². The highest BCUT2D eigenvalue weighted by molar-refractivity contribution is 5.49. The van der Waals surface area contributed by atoms with E-state index in [1.807, 2.05) is 42.5 Å². The maximum absolute atomic E-state index is 9.37. The SMILES string of the molecule is OCCCc1cc(OCc2ccccc2)c(CCc2ccccc2)c(OCc2ccccc2)c1. The van der Waals surface area contributed by atoms with Crippen molar-refractivity contribution in [3.8, 4) is 11.5 Å². The van der Waals surface area contributed by atoms with Crippen molar-refractivity contribution in [2.75, 3.05) is 6.61 Å². The number of hydrogen-bond acceptors (Lipinski definition) is 3. The lowest BCUT2D eigenvalue weighted by Gasteiger charge is -2.19. The van der Waals surface area contributed by atoms with Crippen molar-refractivity contribution >= 4 is 0 Å². The van der Waals surface area contributed by atoms with Crippen LogP contribution in [0, 0.1) is 0 Å². The summed E-state index contributed by atoms with van der Waals surface area (Å²) in [4.78, 5) is 0. The zero-order chi connectivity index (χ0) is 23.4. The molecule has 3 heteroatoms. The Morgan fingerprint density at radius 1 is 0.500 bits per heavy atom. The molecule has 0 saturated heterocycles. The van der Waals surface area contributed by atoms with Crippen LogP contribution in [0.4, 0.5) is 0 Å². The third-order valence-electron chi connectivity index (χ3n) is 5.83. The maximum Gasteiger partial charge on any atom is 0.126 e. The Morgan fingerprint density at radius 2 is 0.971 bits per heavy atom. The molecule has 174 valence electrons. The summed E-state index contributed by atoms with van der Waals surface area (Å²) in [6.45, 7) is 1.16. The van der Waals surface area contributed by atoms with E-state index in [2.05, 4.69) is 60.7 Å². The predicted molar refractivity (Wildman–Crippen MR) is 137 cm³/mol. The lowest BCUT2D eigenvalue weighted by molar-refractivity contribution is 0.280. The lowest BCUT2D eigenvalue weighted by atomic mass is 9.99. The monoisotopic (exact) mass is 452 g/mol. The molecule has 4 rings (SSSR count). The molecule has 4 aromatic rings. The first-order valence-corrected chi connectivity index (χ1v) is 12.0. The minimum atomic E-state index is 0.163. The molecule has 0 aliphatic carbocycles. The fourth-order valence-corrected chi connectivity index (χ4v) is 3.99. The van der Waals surface area contributed by atoms with Crippen molar-refractivity contribution in [1.29, 1.82) is 0 Å². The number of ether oxygens (including phenoxy) is 2. The van der Waals surface area contributed by atoms with E-state index in [4.69, 9.17) is 9.47 Å². The fraction of sp³-hybridized carbons (Fsp3) is 0.226. The Bertz CT molecular complexity index is 1060. The lowest BCUT2D eigenvalue weighted by Crippen LogP contribution is -2.06. The molecule has 0 aromatic heterocycles. The molecule has 0 radical (unpaired) electrons. The summed E-state index contributed by atoms with van der Waals surface area (Å²) in [7, 11) is 0. The number of benzene rings is 4. The molecule has 0 heterocycles. The van der Waals surface area contributed by atoms with Gasteiger partial charge in [-0.15, -0.1) is 0 Å². The Hall–Kier alpha value is -3.56. The maximum atomic E-state index is 9.37. The van der Waals surface area contributed by atoms with Crippen molar-refractivity contribution in [3.05, 3.63) is 131 Å². The van der Waals surface area contributed by atoms with Gasteiger partial charge < -0.3 is 14.6 Å². The van der Waals surface area contributed by atoms with E-state index in [9.17, 15) is 5.11 Å². The van der Waals surface area contributed by atoms with Gasteiger partial charge in [0, 0.05) is 12.2 Å². The molecule has 0 bridgehead atoms. The molecule has 34 heavy (non-hydrogen) atoms. The zero-order valence-corrected chi connectivity index (χ0v) is 19.5. The van der Waals surface area contributed by atoms with E-state index in [0.717, 1.165) is 53.0 Å². The molecule has 0 spiro atoms. The summed E-state index contributed by atoms with van der Waals surface area (Å²) in [6, 6.07) is 35.2. The van der Waals surface area contributed by atoms with Crippen molar-refractivity contribution in [1.82, 2.24) is 0 Å².